The van der Waals surface area contributed by atoms with Gasteiger partial charge < -0.3 is 31.2 Å². The molecule has 2 fully saturated rings. The van der Waals surface area contributed by atoms with Crippen molar-refractivity contribution >= 4 is 82.3 Å². The number of anilines is 2. The molecule has 0 unspecified atom stereocenters. The van der Waals surface area contributed by atoms with Gasteiger partial charge in [0, 0.05) is 31.6 Å². The van der Waals surface area contributed by atoms with E-state index >= 15 is 4.39 Å². The molecule has 256 valence electrons. The second-order valence-corrected chi connectivity index (χ2v) is 12.3. The molecule has 2 saturated heterocycles. The van der Waals surface area contributed by atoms with E-state index in [1.54, 1.807) is 0 Å². The predicted molar refractivity (Wildman–Crippen MR) is 173 cm³/mol. The quantitative estimate of drug-likeness (QED) is 0.246. The highest BCUT2D eigenvalue weighted by Crippen LogP contribution is 2.30. The summed E-state index contributed by atoms with van der Waals surface area (Å²) in [6.07, 6.45) is -1.08. The van der Waals surface area contributed by atoms with Gasteiger partial charge in [0.1, 0.15) is 18.5 Å². The summed E-state index contributed by atoms with van der Waals surface area (Å²) in [6.45, 7) is 0.245. The lowest BCUT2D eigenvalue weighted by Gasteiger charge is -2.27. The molecule has 4 rings (SSSR count). The molecule has 0 aliphatic carbocycles. The largest absolute Gasteiger partial charge is 0.442 e. The molecule has 14 nitrogen and oxygen atoms in total. The number of nitrogens with two attached hydrogens (primary N) is 2. The molecule has 2 aliphatic heterocycles. The van der Waals surface area contributed by atoms with Crippen LogP contribution < -0.4 is 26.6 Å². The smallest absolute Gasteiger partial charge is 0.414 e. The highest BCUT2D eigenvalue weighted by molar-refractivity contribution is 7.18. The Balaban J connectivity index is 0.00000600. The fourth-order valence-corrected chi connectivity index (χ4v) is 5.85. The van der Waals surface area contributed by atoms with Gasteiger partial charge in [0.05, 0.1) is 40.6 Å². The van der Waals surface area contributed by atoms with E-state index < -0.39 is 47.7 Å². The van der Waals surface area contributed by atoms with Crippen molar-refractivity contribution in [1.82, 2.24) is 10.2 Å². The number of benzene rings is 1. The van der Waals surface area contributed by atoms with E-state index in [9.17, 15) is 28.8 Å². The molecule has 47 heavy (non-hydrogen) atoms. The highest BCUT2D eigenvalue weighted by Gasteiger charge is 2.38. The van der Waals surface area contributed by atoms with Crippen molar-refractivity contribution in [2.75, 3.05) is 49.2 Å². The minimum Gasteiger partial charge on any atom is -0.442 e. The molecule has 18 heteroatoms. The fraction of sp³-hybridized carbons (Fsp3) is 0.448. The molecule has 2 aliphatic rings. The van der Waals surface area contributed by atoms with Crippen molar-refractivity contribution in [3.8, 4) is 0 Å². The normalized spacial score (nSPS) is 16.7. The van der Waals surface area contributed by atoms with E-state index in [1.165, 1.54) is 29.2 Å². The molecule has 2 aromatic rings. The van der Waals surface area contributed by atoms with Gasteiger partial charge >= 0.3 is 6.09 Å². The average molecular weight is 718 g/mol. The number of unbranched alkanes of at least 4 members (excludes halogenated alkanes) is 1. The molecule has 1 aromatic carbocycles. The monoisotopic (exact) mass is 716 g/mol. The van der Waals surface area contributed by atoms with Gasteiger partial charge in [-0.25, -0.2) is 9.18 Å². The van der Waals surface area contributed by atoms with Crippen molar-refractivity contribution in [2.24, 2.45) is 11.5 Å². The zero-order valence-corrected chi connectivity index (χ0v) is 27.5. The van der Waals surface area contributed by atoms with Crippen LogP contribution in [0, 0.1) is 5.82 Å². The van der Waals surface area contributed by atoms with Crippen LogP contribution in [-0.4, -0.2) is 92.1 Å². The average Bonchev–Trinajstić information content (AvgIpc) is 3.62. The third-order valence-electron chi connectivity index (χ3n) is 7.27. The number of hydrogen-bond acceptors (Lipinski definition) is 10. The first kappa shape index (κ1) is 37.6. The SMILES string of the molecule is Cl.NC(=O)CC[C@H](N)C(=O)NCCCCC(=O)N(C[C@H]1CN(c2ccc(N3CCOCC3=O)cc2F)C(=O)O1)C(=O)c1ccc(Cl)s1. The Labute approximate surface area is 284 Å². The summed E-state index contributed by atoms with van der Waals surface area (Å²) >= 11 is 6.99. The number of hydrogen-bond donors (Lipinski definition) is 3. The number of thiophene rings is 1. The van der Waals surface area contributed by atoms with E-state index in [2.05, 4.69) is 5.32 Å². The summed E-state index contributed by atoms with van der Waals surface area (Å²) in [4.78, 5) is 78.2. The van der Waals surface area contributed by atoms with Gasteiger partial charge in [0.25, 0.3) is 11.8 Å². The van der Waals surface area contributed by atoms with Gasteiger partial charge in [-0.2, -0.15) is 0 Å². The first-order valence-corrected chi connectivity index (χ1v) is 15.7. The number of cyclic esters (lactones) is 1. The summed E-state index contributed by atoms with van der Waals surface area (Å²) in [7, 11) is 0. The maximum Gasteiger partial charge on any atom is 0.414 e. The molecule has 2 atom stereocenters. The standard InChI is InChI=1S/C29H34ClFN6O8S.ClH/c30-23-8-7-22(46-23)28(42)37(25(39)3-1-2-10-34-27(41)20(32)5-9-24(33)38)15-18-14-36(29(43)45-18)21-6-4-17(13-19(21)31)35-11-12-44-16-26(35)40;/h4,6-8,13,18,20H,1-3,5,9-12,14-16,32H2,(H2,33,38)(H,34,41);1H/t18-,20+;/m1./s1. The number of nitrogens with one attached hydrogen (secondary N) is 1. The predicted octanol–water partition coefficient (Wildman–Crippen LogP) is 2.20. The first-order valence-electron chi connectivity index (χ1n) is 14.5. The molecule has 6 amide bonds. The number of amides is 6. The number of ether oxygens (including phenoxy) is 2. The Kier molecular flexibility index (Phi) is 13.9. The van der Waals surface area contributed by atoms with E-state index in [0.29, 0.717) is 29.5 Å². The summed E-state index contributed by atoms with van der Waals surface area (Å²) in [5, 5.41) is 2.63. The molecule has 0 saturated carbocycles. The lowest BCUT2D eigenvalue weighted by molar-refractivity contribution is -0.129. The van der Waals surface area contributed by atoms with Crippen LogP contribution in [0.3, 0.4) is 0 Å². The molecule has 0 bridgehead atoms. The van der Waals surface area contributed by atoms with Gasteiger partial charge in [0.2, 0.25) is 17.7 Å². The molecule has 5 N–H and O–H groups in total. The summed E-state index contributed by atoms with van der Waals surface area (Å²) in [6, 6.07) is 6.13. The maximum absolute atomic E-state index is 15.2. The zero-order valence-electron chi connectivity index (χ0n) is 25.2. The van der Waals surface area contributed by atoms with Crippen LogP contribution in [-0.2, 0) is 28.7 Å². The highest BCUT2D eigenvalue weighted by atomic mass is 35.5. The minimum absolute atomic E-state index is 0. The van der Waals surface area contributed by atoms with Crippen molar-refractivity contribution < 1.29 is 42.6 Å². The summed E-state index contributed by atoms with van der Waals surface area (Å²) in [5.41, 5.74) is 11.1. The summed E-state index contributed by atoms with van der Waals surface area (Å²) in [5.74, 6) is -3.25. The molecule has 0 spiro atoms. The van der Waals surface area contributed by atoms with E-state index in [0.717, 1.165) is 27.2 Å². The second-order valence-electron chi connectivity index (χ2n) is 10.6. The maximum atomic E-state index is 15.2. The van der Waals surface area contributed by atoms with Crippen LogP contribution >= 0.6 is 35.3 Å². The molecule has 0 radical (unpaired) electrons. The Morgan fingerprint density at radius 3 is 2.55 bits per heavy atom. The van der Waals surface area contributed by atoms with Crippen LogP contribution in [0.1, 0.15) is 41.8 Å². The Bertz CT molecular complexity index is 1500. The van der Waals surface area contributed by atoms with Crippen molar-refractivity contribution in [2.45, 2.75) is 44.2 Å². The van der Waals surface area contributed by atoms with Crippen molar-refractivity contribution in [1.29, 1.82) is 0 Å². The van der Waals surface area contributed by atoms with Crippen LogP contribution in [0.25, 0.3) is 0 Å². The number of imide groups is 1. The van der Waals surface area contributed by atoms with Gasteiger partial charge in [0.15, 0.2) is 0 Å². The van der Waals surface area contributed by atoms with Crippen molar-refractivity contribution in [3.63, 3.8) is 0 Å². The van der Waals surface area contributed by atoms with E-state index in [4.69, 9.17) is 32.5 Å². The number of carbonyl (C=O) groups excluding carboxylic acids is 6. The summed E-state index contributed by atoms with van der Waals surface area (Å²) < 4.78 is 26.1. The fourth-order valence-electron chi connectivity index (χ4n) is 4.86. The van der Waals surface area contributed by atoms with Crippen LogP contribution in [0.2, 0.25) is 4.34 Å². The number of carbonyl (C=O) groups is 6. The van der Waals surface area contributed by atoms with E-state index in [-0.39, 0.29) is 80.9 Å². The number of primary amides is 1. The lowest BCUT2D eigenvalue weighted by Crippen LogP contribution is -2.43. The van der Waals surface area contributed by atoms with Gasteiger partial charge in [-0.1, -0.05) is 11.6 Å². The third-order valence-corrected chi connectivity index (χ3v) is 8.48. The first-order chi connectivity index (χ1) is 21.9. The zero-order chi connectivity index (χ0) is 33.4. The van der Waals surface area contributed by atoms with Crippen LogP contribution in [0.4, 0.5) is 20.6 Å². The Morgan fingerprint density at radius 2 is 1.89 bits per heavy atom. The Hall–Kier alpha value is -3.83. The van der Waals surface area contributed by atoms with Gasteiger partial charge in [-0.3, -0.25) is 33.8 Å². The topological polar surface area (TPSA) is 195 Å². The molecular weight excluding hydrogens is 682 g/mol. The second kappa shape index (κ2) is 17.4. The number of halogens is 3. The van der Waals surface area contributed by atoms with Gasteiger partial charge in [-0.05, 0) is 49.6 Å². The van der Waals surface area contributed by atoms with Crippen molar-refractivity contribution in [3.05, 3.63) is 45.4 Å². The number of rotatable bonds is 14. The van der Waals surface area contributed by atoms with Crippen LogP contribution in [0.5, 0.6) is 0 Å². The molecule has 3 heterocycles. The Morgan fingerprint density at radius 1 is 1.13 bits per heavy atom. The third kappa shape index (κ3) is 10.1. The van der Waals surface area contributed by atoms with Gasteiger partial charge in [-0.15, -0.1) is 23.7 Å². The van der Waals surface area contributed by atoms with E-state index in [1.807, 2.05) is 0 Å². The molecular formula is C29H35Cl2FN6O8S. The van der Waals surface area contributed by atoms with Crippen LogP contribution in [0.15, 0.2) is 30.3 Å². The minimum atomic E-state index is -0.961. The lowest BCUT2D eigenvalue weighted by atomic mass is 10.1. The number of morpholine rings is 1. The number of nitrogens with zero attached hydrogens (tertiary/aromatic N) is 3. The molecule has 1 aromatic heterocycles.